The van der Waals surface area contributed by atoms with Gasteiger partial charge in [0.25, 0.3) is 0 Å². The Morgan fingerprint density at radius 2 is 2.00 bits per heavy atom. The van der Waals surface area contributed by atoms with Crippen molar-refractivity contribution in [3.8, 4) is 5.75 Å². The Bertz CT molecular complexity index is 962. The van der Waals surface area contributed by atoms with Gasteiger partial charge < -0.3 is 19.5 Å². The number of carbonyl (C=O) groups excluding carboxylic acids is 1. The van der Waals surface area contributed by atoms with Gasteiger partial charge in [0.15, 0.2) is 0 Å². The Hall–Kier alpha value is -2.95. The number of aromatic nitrogens is 1. The first-order chi connectivity index (χ1) is 12.3. The first kappa shape index (κ1) is 14.4. The normalized spacial score (nSPS) is 15.8. The number of ether oxygens (including phenoxy) is 1. The second-order valence-corrected chi connectivity index (χ2v) is 6.54. The topological polar surface area (TPSA) is 48.6 Å². The summed E-state index contributed by atoms with van der Waals surface area (Å²) >= 11 is 0. The van der Waals surface area contributed by atoms with Gasteiger partial charge in [-0.1, -0.05) is 24.3 Å². The molecule has 0 atom stereocenters. The highest BCUT2D eigenvalue weighted by Gasteiger charge is 2.31. The van der Waals surface area contributed by atoms with Gasteiger partial charge in [0.1, 0.15) is 18.0 Å². The van der Waals surface area contributed by atoms with Crippen LogP contribution in [0.3, 0.4) is 0 Å². The predicted octanol–water partition coefficient (Wildman–Crippen LogP) is 2.96. The number of amides is 1. The smallest absolute Gasteiger partial charge is 0.231 e. The number of hydrogen-bond acceptors (Lipinski definition) is 3. The van der Waals surface area contributed by atoms with Crippen molar-refractivity contribution < 1.29 is 9.53 Å². The summed E-state index contributed by atoms with van der Waals surface area (Å²) in [5.41, 5.74) is 4.14. The van der Waals surface area contributed by atoms with E-state index in [9.17, 15) is 4.79 Å². The molecule has 0 radical (unpaired) electrons. The van der Waals surface area contributed by atoms with E-state index in [2.05, 4.69) is 16.0 Å². The Morgan fingerprint density at radius 1 is 1.08 bits per heavy atom. The number of fused-ring (bicyclic) bond motifs is 1. The largest absolute Gasteiger partial charge is 0.489 e. The summed E-state index contributed by atoms with van der Waals surface area (Å²) in [7, 11) is 0. The van der Waals surface area contributed by atoms with E-state index >= 15 is 0 Å². The van der Waals surface area contributed by atoms with E-state index in [1.165, 1.54) is 0 Å². The van der Waals surface area contributed by atoms with Gasteiger partial charge in [0.2, 0.25) is 5.91 Å². The Balaban J connectivity index is 1.48. The van der Waals surface area contributed by atoms with Crippen LogP contribution in [0.2, 0.25) is 0 Å². The lowest BCUT2D eigenvalue weighted by atomic mass is 10.1. The molecule has 5 rings (SSSR count). The van der Waals surface area contributed by atoms with Crippen LogP contribution < -0.4 is 14.5 Å². The van der Waals surface area contributed by atoms with Gasteiger partial charge in [0.05, 0.1) is 18.7 Å². The van der Waals surface area contributed by atoms with Gasteiger partial charge >= 0.3 is 0 Å². The minimum absolute atomic E-state index is 0.128. The minimum Gasteiger partial charge on any atom is -0.489 e. The summed E-state index contributed by atoms with van der Waals surface area (Å²) in [4.78, 5) is 20.5. The molecule has 2 aliphatic rings. The Kier molecular flexibility index (Phi) is 3.20. The van der Waals surface area contributed by atoms with Crippen LogP contribution in [-0.2, 0) is 11.2 Å². The highest BCUT2D eigenvalue weighted by Crippen LogP contribution is 2.42. The molecule has 5 nitrogen and oxygen atoms in total. The first-order valence-corrected chi connectivity index (χ1v) is 8.67. The number of carbonyl (C=O) groups is 1. The fraction of sp³-hybridized carbons (Fsp3) is 0.250. The van der Waals surface area contributed by atoms with Crippen molar-refractivity contribution in [1.29, 1.82) is 0 Å². The zero-order valence-electron chi connectivity index (χ0n) is 13.9. The zero-order valence-corrected chi connectivity index (χ0v) is 13.9. The molecule has 1 N–H and O–H groups in total. The minimum atomic E-state index is 0.128. The van der Waals surface area contributed by atoms with Gasteiger partial charge in [-0.05, 0) is 23.8 Å². The van der Waals surface area contributed by atoms with Crippen molar-refractivity contribution >= 4 is 28.2 Å². The van der Waals surface area contributed by atoms with Crippen molar-refractivity contribution in [3.05, 3.63) is 54.2 Å². The fourth-order valence-electron chi connectivity index (χ4n) is 3.90. The quantitative estimate of drug-likeness (QED) is 0.784. The maximum Gasteiger partial charge on any atom is 0.231 e. The highest BCUT2D eigenvalue weighted by molar-refractivity contribution is 6.01. The number of hydrogen-bond donors (Lipinski definition) is 1. The third-order valence-corrected chi connectivity index (χ3v) is 5.11. The lowest BCUT2D eigenvalue weighted by Crippen LogP contribution is -2.47. The molecule has 0 fully saturated rings. The van der Waals surface area contributed by atoms with Crippen LogP contribution in [0.15, 0.2) is 48.7 Å². The molecule has 1 aromatic heterocycles. The SMILES string of the molecule is O=C(Cc1c[nH]c2ccccc12)N1CCN2CCOc3cccc1c32. The fourth-order valence-corrected chi connectivity index (χ4v) is 3.90. The van der Waals surface area contributed by atoms with Crippen LogP contribution >= 0.6 is 0 Å². The van der Waals surface area contributed by atoms with E-state index < -0.39 is 0 Å². The maximum absolute atomic E-state index is 13.0. The van der Waals surface area contributed by atoms with Crippen LogP contribution in [0.25, 0.3) is 10.9 Å². The van der Waals surface area contributed by atoms with E-state index in [4.69, 9.17) is 4.74 Å². The van der Waals surface area contributed by atoms with Crippen LogP contribution in [0.1, 0.15) is 5.56 Å². The molecule has 0 unspecified atom stereocenters. The van der Waals surface area contributed by atoms with Crippen molar-refractivity contribution in [2.24, 2.45) is 0 Å². The van der Waals surface area contributed by atoms with E-state index in [1.807, 2.05) is 47.5 Å². The molecule has 0 saturated carbocycles. The lowest BCUT2D eigenvalue weighted by Gasteiger charge is -2.41. The number of nitrogens with one attached hydrogen (secondary N) is 1. The second-order valence-electron chi connectivity index (χ2n) is 6.54. The van der Waals surface area contributed by atoms with Gasteiger partial charge in [-0.15, -0.1) is 0 Å². The van der Waals surface area contributed by atoms with E-state index in [-0.39, 0.29) is 5.91 Å². The summed E-state index contributed by atoms with van der Waals surface area (Å²) in [6.45, 7) is 3.17. The molecule has 0 aliphatic carbocycles. The number of rotatable bonds is 2. The van der Waals surface area contributed by atoms with E-state index in [1.54, 1.807) is 0 Å². The van der Waals surface area contributed by atoms with E-state index in [0.717, 1.165) is 53.2 Å². The second kappa shape index (κ2) is 5.55. The summed E-state index contributed by atoms with van der Waals surface area (Å²) in [6, 6.07) is 14.1. The monoisotopic (exact) mass is 333 g/mol. The number of H-pyrrole nitrogens is 1. The average Bonchev–Trinajstić information content (AvgIpc) is 3.05. The third kappa shape index (κ3) is 2.27. The number of benzene rings is 2. The van der Waals surface area contributed by atoms with Crippen LogP contribution in [0.4, 0.5) is 11.4 Å². The average molecular weight is 333 g/mol. The van der Waals surface area contributed by atoms with Gasteiger partial charge in [-0.2, -0.15) is 0 Å². The maximum atomic E-state index is 13.0. The molecule has 126 valence electrons. The molecule has 25 heavy (non-hydrogen) atoms. The molecular weight excluding hydrogens is 314 g/mol. The molecule has 3 heterocycles. The van der Waals surface area contributed by atoms with Crippen LogP contribution in [-0.4, -0.2) is 37.1 Å². The highest BCUT2D eigenvalue weighted by atomic mass is 16.5. The summed E-state index contributed by atoms with van der Waals surface area (Å²) in [5, 5.41) is 1.12. The van der Waals surface area contributed by atoms with Gasteiger partial charge in [0, 0.05) is 30.2 Å². The summed E-state index contributed by atoms with van der Waals surface area (Å²) in [5.74, 6) is 1.01. The number of para-hydroxylation sites is 2. The standard InChI is InChI=1S/C20H19N3O2/c24-19(12-14-13-21-16-5-2-1-4-15(14)16)23-9-8-22-10-11-25-18-7-3-6-17(23)20(18)22/h1-7,13,21H,8-12H2. The van der Waals surface area contributed by atoms with Crippen LogP contribution in [0.5, 0.6) is 5.75 Å². The molecule has 0 saturated heterocycles. The molecule has 2 aromatic carbocycles. The van der Waals surface area contributed by atoms with Crippen molar-refractivity contribution in [1.82, 2.24) is 4.98 Å². The van der Waals surface area contributed by atoms with Gasteiger partial charge in [-0.3, -0.25) is 4.79 Å². The number of nitrogens with zero attached hydrogens (tertiary/aromatic N) is 2. The first-order valence-electron chi connectivity index (χ1n) is 8.67. The third-order valence-electron chi connectivity index (χ3n) is 5.11. The number of anilines is 2. The van der Waals surface area contributed by atoms with Crippen molar-refractivity contribution in [2.75, 3.05) is 36.0 Å². The van der Waals surface area contributed by atoms with Crippen molar-refractivity contribution in [2.45, 2.75) is 6.42 Å². The summed E-state index contributed by atoms with van der Waals surface area (Å²) in [6.07, 6.45) is 2.34. The molecule has 1 amide bonds. The molecule has 3 aromatic rings. The summed E-state index contributed by atoms with van der Waals surface area (Å²) < 4.78 is 5.78. The zero-order chi connectivity index (χ0) is 16.8. The molecule has 0 bridgehead atoms. The molecule has 5 heteroatoms. The van der Waals surface area contributed by atoms with Gasteiger partial charge in [-0.25, -0.2) is 0 Å². The number of aromatic amines is 1. The van der Waals surface area contributed by atoms with Crippen LogP contribution in [0, 0.1) is 0 Å². The Labute approximate surface area is 145 Å². The molecule has 0 spiro atoms. The van der Waals surface area contributed by atoms with Crippen molar-refractivity contribution in [3.63, 3.8) is 0 Å². The molecular formula is C20H19N3O2. The predicted molar refractivity (Wildman–Crippen MR) is 98.5 cm³/mol. The van der Waals surface area contributed by atoms with E-state index in [0.29, 0.717) is 13.0 Å². The Morgan fingerprint density at radius 3 is 2.96 bits per heavy atom. The lowest BCUT2D eigenvalue weighted by molar-refractivity contribution is -0.118. The molecule has 2 aliphatic heterocycles.